The predicted molar refractivity (Wildman–Crippen MR) is 90.9 cm³/mol. The summed E-state index contributed by atoms with van der Waals surface area (Å²) in [6, 6.07) is 4.06. The Bertz CT molecular complexity index is 581. The Kier molecular flexibility index (Phi) is 4.38. The van der Waals surface area contributed by atoms with E-state index in [0.29, 0.717) is 18.4 Å². The molecule has 1 aromatic rings. The van der Waals surface area contributed by atoms with Crippen molar-refractivity contribution in [3.05, 3.63) is 30.1 Å². The van der Waals surface area contributed by atoms with Crippen molar-refractivity contribution >= 4 is 11.8 Å². The molecule has 1 aliphatic heterocycles. The lowest BCUT2D eigenvalue weighted by molar-refractivity contribution is -0.140. The largest absolute Gasteiger partial charge is 0.282 e. The highest BCUT2D eigenvalue weighted by Crippen LogP contribution is 2.51. The van der Waals surface area contributed by atoms with Crippen LogP contribution in [-0.2, 0) is 16.0 Å². The number of fused-ring (bicyclic) bond motifs is 3. The fraction of sp³-hybridized carbons (Fsp3) is 0.650. The van der Waals surface area contributed by atoms with E-state index in [0.717, 1.165) is 44.9 Å². The van der Waals surface area contributed by atoms with Crippen LogP contribution in [0.4, 0.5) is 0 Å². The number of aromatic nitrogens is 1. The molecule has 0 spiro atoms. The third-order valence-corrected chi connectivity index (χ3v) is 6.41. The van der Waals surface area contributed by atoms with Gasteiger partial charge < -0.3 is 0 Å². The van der Waals surface area contributed by atoms with Crippen molar-refractivity contribution < 1.29 is 9.59 Å². The van der Waals surface area contributed by atoms with Gasteiger partial charge in [-0.1, -0.05) is 6.42 Å². The van der Waals surface area contributed by atoms with Crippen LogP contribution in [0.3, 0.4) is 0 Å². The van der Waals surface area contributed by atoms with Crippen molar-refractivity contribution in [2.75, 3.05) is 6.54 Å². The first kappa shape index (κ1) is 15.8. The third kappa shape index (κ3) is 2.76. The summed E-state index contributed by atoms with van der Waals surface area (Å²) in [5.41, 5.74) is 1.27. The van der Waals surface area contributed by atoms with Crippen LogP contribution in [0.2, 0.25) is 0 Å². The molecule has 4 unspecified atom stereocenters. The number of hydrogen-bond acceptors (Lipinski definition) is 3. The minimum absolute atomic E-state index is 0.0129. The molecule has 2 heterocycles. The van der Waals surface area contributed by atoms with E-state index in [2.05, 4.69) is 4.98 Å². The number of likely N-dealkylation sites (tertiary alicyclic amines) is 1. The first-order valence-electron chi connectivity index (χ1n) is 9.50. The van der Waals surface area contributed by atoms with E-state index in [9.17, 15) is 9.59 Å². The van der Waals surface area contributed by atoms with E-state index < -0.39 is 0 Å². The third-order valence-electron chi connectivity index (χ3n) is 6.41. The smallest absolute Gasteiger partial charge is 0.233 e. The summed E-state index contributed by atoms with van der Waals surface area (Å²) in [5, 5.41) is 0. The van der Waals surface area contributed by atoms with Gasteiger partial charge in [0.1, 0.15) is 0 Å². The second-order valence-corrected chi connectivity index (χ2v) is 7.72. The van der Waals surface area contributed by atoms with Gasteiger partial charge in [-0.05, 0) is 74.5 Å². The monoisotopic (exact) mass is 326 g/mol. The summed E-state index contributed by atoms with van der Waals surface area (Å²) in [6.45, 7) is 0.606. The van der Waals surface area contributed by atoms with Gasteiger partial charge in [0.05, 0.1) is 11.8 Å². The molecule has 2 amide bonds. The molecule has 4 aliphatic rings. The summed E-state index contributed by atoms with van der Waals surface area (Å²) in [6.07, 6.45) is 12.3. The van der Waals surface area contributed by atoms with Gasteiger partial charge in [0, 0.05) is 18.9 Å². The highest BCUT2D eigenvalue weighted by Gasteiger charge is 2.56. The predicted octanol–water partition coefficient (Wildman–Crippen LogP) is 3.22. The zero-order valence-corrected chi connectivity index (χ0v) is 14.2. The number of hydrogen-bond donors (Lipinski definition) is 0. The molecule has 3 aliphatic carbocycles. The molecule has 24 heavy (non-hydrogen) atoms. The Labute approximate surface area is 143 Å². The number of imide groups is 1. The van der Waals surface area contributed by atoms with Gasteiger partial charge in [-0.25, -0.2) is 0 Å². The van der Waals surface area contributed by atoms with E-state index in [4.69, 9.17) is 0 Å². The molecule has 128 valence electrons. The second-order valence-electron chi connectivity index (χ2n) is 7.72. The summed E-state index contributed by atoms with van der Waals surface area (Å²) in [5.74, 6) is 1.24. The van der Waals surface area contributed by atoms with Gasteiger partial charge >= 0.3 is 0 Å². The van der Waals surface area contributed by atoms with E-state index in [1.54, 1.807) is 4.90 Å². The van der Waals surface area contributed by atoms with Crippen LogP contribution in [0, 0.1) is 23.7 Å². The molecule has 3 saturated carbocycles. The normalized spacial score (nSPS) is 32.1. The lowest BCUT2D eigenvalue weighted by atomic mass is 9.69. The Balaban J connectivity index is 1.36. The number of pyridine rings is 1. The average molecular weight is 326 g/mol. The van der Waals surface area contributed by atoms with E-state index in [-0.39, 0.29) is 23.7 Å². The number of rotatable bonds is 5. The minimum Gasteiger partial charge on any atom is -0.282 e. The topological polar surface area (TPSA) is 50.3 Å². The maximum absolute atomic E-state index is 12.9. The molecule has 1 aromatic heterocycles. The maximum Gasteiger partial charge on any atom is 0.233 e. The van der Waals surface area contributed by atoms with Crippen molar-refractivity contribution in [3.8, 4) is 0 Å². The standard InChI is InChI=1S/C20H26N2O2/c23-19-17-15-5-3-6-16(8-7-15)18(17)20(24)22(19)13-2-1-4-14-9-11-21-12-10-14/h9-12,15-18H,1-8,13H2. The number of nitrogens with zero attached hydrogens (tertiary/aromatic N) is 2. The number of unbranched alkanes of at least 4 members (excludes halogenated alkanes) is 1. The van der Waals surface area contributed by atoms with Gasteiger partial charge in [0.15, 0.2) is 0 Å². The summed E-state index contributed by atoms with van der Waals surface area (Å²) < 4.78 is 0. The van der Waals surface area contributed by atoms with Gasteiger partial charge in [0.25, 0.3) is 0 Å². The molecule has 4 nitrogen and oxygen atoms in total. The Morgan fingerprint density at radius 2 is 1.54 bits per heavy atom. The molecule has 0 N–H and O–H groups in total. The number of amides is 2. The zero-order valence-electron chi connectivity index (χ0n) is 14.2. The van der Waals surface area contributed by atoms with Gasteiger partial charge in [-0.2, -0.15) is 0 Å². The molecular weight excluding hydrogens is 300 g/mol. The van der Waals surface area contributed by atoms with E-state index in [1.807, 2.05) is 24.5 Å². The second kappa shape index (κ2) is 6.66. The molecule has 4 fully saturated rings. The van der Waals surface area contributed by atoms with Crippen molar-refractivity contribution in [1.29, 1.82) is 0 Å². The van der Waals surface area contributed by atoms with E-state index >= 15 is 0 Å². The van der Waals surface area contributed by atoms with Gasteiger partial charge in [-0.3, -0.25) is 19.5 Å². The van der Waals surface area contributed by atoms with Gasteiger partial charge in [-0.15, -0.1) is 0 Å². The van der Waals surface area contributed by atoms with Crippen LogP contribution in [0.5, 0.6) is 0 Å². The van der Waals surface area contributed by atoms with Crippen LogP contribution in [-0.4, -0.2) is 28.2 Å². The summed E-state index contributed by atoms with van der Waals surface area (Å²) in [4.78, 5) is 31.3. The van der Waals surface area contributed by atoms with Crippen LogP contribution in [0.1, 0.15) is 50.5 Å². The van der Waals surface area contributed by atoms with Crippen LogP contribution < -0.4 is 0 Å². The summed E-state index contributed by atoms with van der Waals surface area (Å²) >= 11 is 0. The average Bonchev–Trinajstić information content (AvgIpc) is 2.83. The zero-order chi connectivity index (χ0) is 16.5. The first-order chi connectivity index (χ1) is 11.8. The number of carbonyl (C=O) groups is 2. The van der Waals surface area contributed by atoms with Gasteiger partial charge in [0.2, 0.25) is 11.8 Å². The van der Waals surface area contributed by atoms with Crippen LogP contribution >= 0.6 is 0 Å². The molecular formula is C20H26N2O2. The molecule has 4 atom stereocenters. The molecule has 5 rings (SSSR count). The fourth-order valence-corrected chi connectivity index (χ4v) is 5.21. The Morgan fingerprint density at radius 3 is 2.17 bits per heavy atom. The first-order valence-corrected chi connectivity index (χ1v) is 9.50. The molecule has 1 saturated heterocycles. The highest BCUT2D eigenvalue weighted by molar-refractivity contribution is 6.05. The quantitative estimate of drug-likeness (QED) is 0.617. The van der Waals surface area contributed by atoms with Crippen molar-refractivity contribution in [3.63, 3.8) is 0 Å². The van der Waals surface area contributed by atoms with Crippen molar-refractivity contribution in [2.45, 2.75) is 51.4 Å². The summed E-state index contributed by atoms with van der Waals surface area (Å²) in [7, 11) is 0. The van der Waals surface area contributed by atoms with E-state index in [1.165, 1.54) is 12.0 Å². The molecule has 0 aromatic carbocycles. The lowest BCUT2D eigenvalue weighted by Gasteiger charge is -2.32. The fourth-order valence-electron chi connectivity index (χ4n) is 5.21. The maximum atomic E-state index is 12.9. The van der Waals surface area contributed by atoms with Crippen molar-refractivity contribution in [1.82, 2.24) is 9.88 Å². The number of aryl methyl sites for hydroxylation is 1. The Hall–Kier alpha value is -1.71. The molecule has 4 heteroatoms. The minimum atomic E-state index is 0.0129. The van der Waals surface area contributed by atoms with Crippen LogP contribution in [0.25, 0.3) is 0 Å². The SMILES string of the molecule is O=C1C2C3CCCC(CC3)C2C(=O)N1CCCCc1ccncc1. The number of carbonyl (C=O) groups excluding carboxylic acids is 2. The Morgan fingerprint density at radius 1 is 0.917 bits per heavy atom. The lowest BCUT2D eigenvalue weighted by Crippen LogP contribution is -2.34. The highest BCUT2D eigenvalue weighted by atomic mass is 16.2. The van der Waals surface area contributed by atoms with Crippen LogP contribution in [0.15, 0.2) is 24.5 Å². The van der Waals surface area contributed by atoms with Crippen molar-refractivity contribution in [2.24, 2.45) is 23.7 Å². The molecule has 0 radical (unpaired) electrons. The molecule has 2 bridgehead atoms.